The number of rotatable bonds is 7. The average Bonchev–Trinajstić information content (AvgIpc) is 3.14. The second-order valence-corrected chi connectivity index (χ2v) is 5.59. The van der Waals surface area contributed by atoms with Crippen molar-refractivity contribution in [1.82, 2.24) is 14.9 Å². The van der Waals surface area contributed by atoms with Crippen molar-refractivity contribution in [3.05, 3.63) is 73.1 Å². The summed E-state index contributed by atoms with van der Waals surface area (Å²) in [5.41, 5.74) is 0.504. The Hall–Kier alpha value is -3.35. The number of nitrogens with one attached hydrogen (secondary N) is 2. The van der Waals surface area contributed by atoms with Gasteiger partial charge in [-0.2, -0.15) is 0 Å². The maximum atomic E-state index is 13.3. The highest BCUT2D eigenvalue weighted by atomic mass is 19.1. The molecule has 0 saturated carbocycles. The molecule has 0 unspecified atom stereocenters. The summed E-state index contributed by atoms with van der Waals surface area (Å²) in [6, 6.07) is 12.5. The summed E-state index contributed by atoms with van der Waals surface area (Å²) >= 11 is 0. The molecule has 0 aliphatic heterocycles. The lowest BCUT2D eigenvalue weighted by atomic mass is 10.3. The summed E-state index contributed by atoms with van der Waals surface area (Å²) < 4.78 is 20.9. The Labute approximate surface area is 150 Å². The van der Waals surface area contributed by atoms with Gasteiger partial charge in [0.15, 0.2) is 5.75 Å². The van der Waals surface area contributed by atoms with Gasteiger partial charge in [0, 0.05) is 31.5 Å². The molecule has 3 rings (SSSR count). The molecule has 1 heterocycles. The third kappa shape index (κ3) is 5.07. The third-order valence-corrected chi connectivity index (χ3v) is 3.60. The van der Waals surface area contributed by atoms with E-state index in [1.807, 2.05) is 10.8 Å². The molecule has 1 aromatic heterocycles. The average molecular weight is 354 g/mol. The van der Waals surface area contributed by atoms with Crippen LogP contribution in [0.25, 0.3) is 0 Å². The minimum absolute atomic E-state index is 0.328. The van der Waals surface area contributed by atoms with Crippen molar-refractivity contribution in [3.8, 4) is 11.5 Å². The van der Waals surface area contributed by atoms with Crippen molar-refractivity contribution in [1.29, 1.82) is 0 Å². The van der Waals surface area contributed by atoms with Crippen molar-refractivity contribution >= 4 is 11.7 Å². The van der Waals surface area contributed by atoms with Crippen LogP contribution in [0.4, 0.5) is 14.9 Å². The molecule has 0 saturated heterocycles. The predicted molar refractivity (Wildman–Crippen MR) is 96.8 cm³/mol. The SMILES string of the molecule is O=C(NCCCn1ccnc1)Nc1ccccc1Oc1cccc(F)c1. The predicted octanol–water partition coefficient (Wildman–Crippen LogP) is 4.03. The fourth-order valence-electron chi connectivity index (χ4n) is 2.37. The van der Waals surface area contributed by atoms with Gasteiger partial charge in [-0.25, -0.2) is 14.2 Å². The summed E-state index contributed by atoms with van der Waals surface area (Å²) in [4.78, 5) is 16.0. The number of carbonyl (C=O) groups is 1. The van der Waals surface area contributed by atoms with Crippen molar-refractivity contribution in [2.75, 3.05) is 11.9 Å². The van der Waals surface area contributed by atoms with Crippen molar-refractivity contribution in [2.45, 2.75) is 13.0 Å². The van der Waals surface area contributed by atoms with E-state index >= 15 is 0 Å². The van der Waals surface area contributed by atoms with E-state index in [4.69, 9.17) is 4.74 Å². The van der Waals surface area contributed by atoms with E-state index in [1.165, 1.54) is 12.1 Å². The molecule has 0 bridgehead atoms. The quantitative estimate of drug-likeness (QED) is 0.630. The number of halogens is 1. The summed E-state index contributed by atoms with van der Waals surface area (Å²) in [6.07, 6.45) is 6.11. The number of imidazole rings is 1. The molecule has 26 heavy (non-hydrogen) atoms. The van der Waals surface area contributed by atoms with Crippen LogP contribution in [-0.4, -0.2) is 22.1 Å². The number of aryl methyl sites for hydroxylation is 1. The number of benzene rings is 2. The Morgan fingerprint density at radius 2 is 2.08 bits per heavy atom. The zero-order valence-electron chi connectivity index (χ0n) is 14.1. The maximum absolute atomic E-state index is 13.3. The minimum Gasteiger partial charge on any atom is -0.455 e. The van der Waals surface area contributed by atoms with Crippen LogP contribution in [0.15, 0.2) is 67.3 Å². The van der Waals surface area contributed by atoms with Gasteiger partial charge < -0.3 is 19.9 Å². The molecule has 0 spiro atoms. The van der Waals surface area contributed by atoms with Crippen molar-refractivity contribution in [2.24, 2.45) is 0 Å². The molecule has 2 aromatic carbocycles. The molecule has 3 aromatic rings. The Morgan fingerprint density at radius 3 is 2.88 bits per heavy atom. The highest BCUT2D eigenvalue weighted by Gasteiger charge is 2.08. The van der Waals surface area contributed by atoms with Gasteiger partial charge in [-0.15, -0.1) is 0 Å². The Balaban J connectivity index is 1.53. The number of urea groups is 1. The van der Waals surface area contributed by atoms with Crippen LogP contribution >= 0.6 is 0 Å². The van der Waals surface area contributed by atoms with Crippen LogP contribution in [0, 0.1) is 5.82 Å². The number of nitrogens with zero attached hydrogens (tertiary/aromatic N) is 2. The second-order valence-electron chi connectivity index (χ2n) is 5.59. The number of carbonyl (C=O) groups excluding carboxylic acids is 1. The monoisotopic (exact) mass is 354 g/mol. The Bertz CT molecular complexity index is 852. The number of para-hydroxylation sites is 2. The van der Waals surface area contributed by atoms with E-state index < -0.39 is 0 Å². The molecule has 0 aliphatic carbocycles. The van der Waals surface area contributed by atoms with Gasteiger partial charge in [0.05, 0.1) is 12.0 Å². The molecule has 2 amide bonds. The minimum atomic E-state index is -0.386. The molecule has 134 valence electrons. The van der Waals surface area contributed by atoms with E-state index in [1.54, 1.807) is 48.9 Å². The number of hydrogen-bond acceptors (Lipinski definition) is 3. The first kappa shape index (κ1) is 17.5. The summed E-state index contributed by atoms with van der Waals surface area (Å²) in [6.45, 7) is 1.30. The standard InChI is InChI=1S/C19H19FN4O2/c20-15-5-3-6-16(13-15)26-18-8-2-1-7-17(18)23-19(25)22-9-4-11-24-12-10-21-14-24/h1-3,5-8,10,12-14H,4,9,11H2,(H2,22,23,25). The van der Waals surface area contributed by atoms with Gasteiger partial charge in [0.2, 0.25) is 0 Å². The zero-order chi connectivity index (χ0) is 18.2. The summed E-state index contributed by atoms with van der Waals surface area (Å²) in [5, 5.41) is 5.55. The fourth-order valence-corrected chi connectivity index (χ4v) is 2.37. The number of amides is 2. The van der Waals surface area contributed by atoms with Crippen LogP contribution in [0.1, 0.15) is 6.42 Å². The van der Waals surface area contributed by atoms with Crippen LogP contribution < -0.4 is 15.4 Å². The van der Waals surface area contributed by atoms with E-state index in [9.17, 15) is 9.18 Å². The highest BCUT2D eigenvalue weighted by molar-refractivity contribution is 5.90. The van der Waals surface area contributed by atoms with E-state index in [0.717, 1.165) is 13.0 Å². The molecule has 0 aliphatic rings. The number of aromatic nitrogens is 2. The maximum Gasteiger partial charge on any atom is 0.319 e. The van der Waals surface area contributed by atoms with Gasteiger partial charge in [-0.3, -0.25) is 0 Å². The fraction of sp³-hybridized carbons (Fsp3) is 0.158. The van der Waals surface area contributed by atoms with Gasteiger partial charge in [-0.1, -0.05) is 18.2 Å². The molecule has 7 heteroatoms. The van der Waals surface area contributed by atoms with Crippen LogP contribution in [0.2, 0.25) is 0 Å². The van der Waals surface area contributed by atoms with Gasteiger partial charge in [-0.05, 0) is 30.7 Å². The van der Waals surface area contributed by atoms with E-state index in [2.05, 4.69) is 15.6 Å². The van der Waals surface area contributed by atoms with Gasteiger partial charge >= 0.3 is 6.03 Å². The lowest BCUT2D eigenvalue weighted by Crippen LogP contribution is -2.30. The van der Waals surface area contributed by atoms with E-state index in [-0.39, 0.29) is 11.8 Å². The third-order valence-electron chi connectivity index (χ3n) is 3.60. The number of anilines is 1. The van der Waals surface area contributed by atoms with E-state index in [0.29, 0.717) is 23.7 Å². The molecule has 6 nitrogen and oxygen atoms in total. The summed E-state index contributed by atoms with van der Waals surface area (Å²) in [5.74, 6) is 0.412. The normalized spacial score (nSPS) is 10.3. The molecule has 0 radical (unpaired) electrons. The Morgan fingerprint density at radius 1 is 1.19 bits per heavy atom. The topological polar surface area (TPSA) is 68.2 Å². The largest absolute Gasteiger partial charge is 0.455 e. The molecule has 0 atom stereocenters. The second kappa shape index (κ2) is 8.66. The Kier molecular flexibility index (Phi) is 5.82. The highest BCUT2D eigenvalue weighted by Crippen LogP contribution is 2.29. The van der Waals surface area contributed by atoms with Crippen molar-refractivity contribution in [3.63, 3.8) is 0 Å². The lowest BCUT2D eigenvalue weighted by molar-refractivity contribution is 0.251. The van der Waals surface area contributed by atoms with Crippen LogP contribution in [0.3, 0.4) is 0 Å². The van der Waals surface area contributed by atoms with Gasteiger partial charge in [0.1, 0.15) is 11.6 Å². The number of ether oxygens (including phenoxy) is 1. The first-order chi connectivity index (χ1) is 12.7. The first-order valence-corrected chi connectivity index (χ1v) is 8.24. The zero-order valence-corrected chi connectivity index (χ0v) is 14.1. The van der Waals surface area contributed by atoms with Gasteiger partial charge in [0.25, 0.3) is 0 Å². The smallest absolute Gasteiger partial charge is 0.319 e. The molecular formula is C19H19FN4O2. The molecular weight excluding hydrogens is 335 g/mol. The molecule has 2 N–H and O–H groups in total. The summed E-state index contributed by atoms with van der Waals surface area (Å²) in [7, 11) is 0. The molecule has 0 fully saturated rings. The first-order valence-electron chi connectivity index (χ1n) is 8.24. The van der Waals surface area contributed by atoms with Crippen LogP contribution in [-0.2, 0) is 6.54 Å². The van der Waals surface area contributed by atoms with Crippen LogP contribution in [0.5, 0.6) is 11.5 Å². The lowest BCUT2D eigenvalue weighted by Gasteiger charge is -2.13. The number of hydrogen-bond donors (Lipinski definition) is 2. The van der Waals surface area contributed by atoms with Crippen molar-refractivity contribution < 1.29 is 13.9 Å².